The Morgan fingerprint density at radius 2 is 1.82 bits per heavy atom. The van der Waals surface area contributed by atoms with Gasteiger partial charge >= 0.3 is 5.97 Å². The number of phenolic OH excluding ortho intramolecular Hbond substituents is 1. The molecule has 5 heteroatoms. The molecule has 0 unspecified atom stereocenters. The first kappa shape index (κ1) is 19.4. The van der Waals surface area contributed by atoms with Gasteiger partial charge in [-0.3, -0.25) is 9.69 Å². The predicted molar refractivity (Wildman–Crippen MR) is 109 cm³/mol. The fraction of sp³-hybridized carbons (Fsp3) is 0.217. The highest BCUT2D eigenvalue weighted by molar-refractivity contribution is 6.23. The van der Waals surface area contributed by atoms with Crippen LogP contribution in [0.15, 0.2) is 65.4 Å². The summed E-state index contributed by atoms with van der Waals surface area (Å²) in [4.78, 5) is 27.1. The Morgan fingerprint density at radius 1 is 1.14 bits per heavy atom. The fourth-order valence-corrected chi connectivity index (χ4v) is 3.28. The van der Waals surface area contributed by atoms with Crippen molar-refractivity contribution in [2.24, 2.45) is 0 Å². The third kappa shape index (κ3) is 3.56. The summed E-state index contributed by atoms with van der Waals surface area (Å²) in [5, 5.41) is 9.70. The molecule has 0 saturated heterocycles. The molecule has 28 heavy (non-hydrogen) atoms. The molecule has 0 aromatic heterocycles. The summed E-state index contributed by atoms with van der Waals surface area (Å²) in [6, 6.07) is 14.2. The van der Waals surface area contributed by atoms with Gasteiger partial charge in [-0.05, 0) is 54.3 Å². The fourth-order valence-electron chi connectivity index (χ4n) is 3.28. The van der Waals surface area contributed by atoms with Crippen molar-refractivity contribution in [3.8, 4) is 5.75 Å². The van der Waals surface area contributed by atoms with Crippen molar-refractivity contribution < 1.29 is 19.4 Å². The van der Waals surface area contributed by atoms with Crippen molar-refractivity contribution >= 4 is 23.6 Å². The summed E-state index contributed by atoms with van der Waals surface area (Å²) in [7, 11) is 1.29. The van der Waals surface area contributed by atoms with E-state index in [0.717, 1.165) is 0 Å². The van der Waals surface area contributed by atoms with E-state index < -0.39 is 5.97 Å². The molecule has 1 amide bonds. The monoisotopic (exact) mass is 377 g/mol. The van der Waals surface area contributed by atoms with E-state index in [1.807, 2.05) is 24.3 Å². The first-order valence-corrected chi connectivity index (χ1v) is 9.08. The van der Waals surface area contributed by atoms with Gasteiger partial charge in [-0.2, -0.15) is 0 Å². The number of esters is 1. The summed E-state index contributed by atoms with van der Waals surface area (Å²) >= 11 is 0. The molecule has 0 saturated carbocycles. The van der Waals surface area contributed by atoms with E-state index in [1.165, 1.54) is 23.6 Å². The first-order valence-electron chi connectivity index (χ1n) is 9.08. The Hall–Kier alpha value is -3.34. The highest BCUT2D eigenvalue weighted by Gasteiger charge is 2.37. The highest BCUT2D eigenvalue weighted by atomic mass is 16.5. The molecule has 5 nitrogen and oxygen atoms in total. The zero-order valence-electron chi connectivity index (χ0n) is 16.4. The number of rotatable bonds is 4. The van der Waals surface area contributed by atoms with Gasteiger partial charge < -0.3 is 9.84 Å². The number of hydrogen-bond acceptors (Lipinski definition) is 4. The third-order valence-corrected chi connectivity index (χ3v) is 4.79. The molecule has 1 heterocycles. The maximum Gasteiger partial charge on any atom is 0.340 e. The molecule has 2 aromatic rings. The summed E-state index contributed by atoms with van der Waals surface area (Å²) in [5.41, 5.74) is 3.45. The Bertz CT molecular complexity index is 984. The minimum atomic E-state index is -0.571. The average Bonchev–Trinajstić information content (AvgIpc) is 2.91. The molecule has 0 bridgehead atoms. The number of aromatic hydroxyl groups is 1. The number of carbonyl (C=O) groups excluding carboxylic acids is 2. The predicted octanol–water partition coefficient (Wildman–Crippen LogP) is 4.39. The molecule has 0 fully saturated rings. The lowest BCUT2D eigenvalue weighted by atomic mass is 10.0. The lowest BCUT2D eigenvalue weighted by Crippen LogP contribution is -2.24. The van der Waals surface area contributed by atoms with Gasteiger partial charge in [-0.1, -0.05) is 38.1 Å². The first-order chi connectivity index (χ1) is 13.3. The molecular weight excluding hydrogens is 354 g/mol. The molecule has 144 valence electrons. The van der Waals surface area contributed by atoms with Crippen LogP contribution in [-0.2, 0) is 14.3 Å². The molecular formula is C23H23NO4. The number of hydrogen-bond donors (Lipinski definition) is 1. The van der Waals surface area contributed by atoms with Gasteiger partial charge in [0, 0.05) is 11.4 Å². The molecule has 1 aliphatic rings. The third-order valence-electron chi connectivity index (χ3n) is 4.79. The Balaban J connectivity index is 2.09. The number of carbonyl (C=O) groups is 2. The van der Waals surface area contributed by atoms with Crippen LogP contribution >= 0.6 is 0 Å². The van der Waals surface area contributed by atoms with Crippen molar-refractivity contribution in [2.45, 2.75) is 26.7 Å². The largest absolute Gasteiger partial charge is 0.508 e. The molecule has 1 N–H and O–H groups in total. The van der Waals surface area contributed by atoms with Crippen LogP contribution in [-0.4, -0.2) is 24.1 Å². The number of allylic oxidation sites excluding steroid dienone is 1. The van der Waals surface area contributed by atoms with E-state index in [9.17, 15) is 14.7 Å². The van der Waals surface area contributed by atoms with E-state index in [1.54, 1.807) is 31.2 Å². The maximum absolute atomic E-state index is 13.2. The minimum Gasteiger partial charge on any atom is -0.508 e. The molecule has 2 aromatic carbocycles. The zero-order valence-corrected chi connectivity index (χ0v) is 16.4. The van der Waals surface area contributed by atoms with Crippen molar-refractivity contribution in [3.05, 3.63) is 76.5 Å². The summed E-state index contributed by atoms with van der Waals surface area (Å²) < 4.78 is 4.91. The second-order valence-corrected chi connectivity index (χ2v) is 6.99. The van der Waals surface area contributed by atoms with Crippen molar-refractivity contribution in [2.75, 3.05) is 12.0 Å². The van der Waals surface area contributed by atoms with Crippen LogP contribution in [0.4, 0.5) is 5.69 Å². The van der Waals surface area contributed by atoms with Gasteiger partial charge in [0.1, 0.15) is 5.75 Å². The number of amides is 1. The lowest BCUT2D eigenvalue weighted by molar-refractivity contribution is -0.136. The van der Waals surface area contributed by atoms with Crippen molar-refractivity contribution in [1.29, 1.82) is 0 Å². The van der Waals surface area contributed by atoms with Gasteiger partial charge in [-0.15, -0.1) is 0 Å². The van der Waals surface area contributed by atoms with E-state index in [2.05, 4.69) is 13.8 Å². The van der Waals surface area contributed by atoms with E-state index in [4.69, 9.17) is 4.74 Å². The quantitative estimate of drug-likeness (QED) is 0.634. The lowest BCUT2D eigenvalue weighted by Gasteiger charge is -2.19. The number of benzene rings is 2. The van der Waals surface area contributed by atoms with Crippen molar-refractivity contribution in [3.63, 3.8) is 0 Å². The molecule has 0 spiro atoms. The van der Waals surface area contributed by atoms with Gasteiger partial charge in [0.25, 0.3) is 5.91 Å². The number of anilines is 1. The second-order valence-electron chi connectivity index (χ2n) is 6.99. The van der Waals surface area contributed by atoms with Gasteiger partial charge in [0.2, 0.25) is 0 Å². The Kier molecular flexibility index (Phi) is 5.36. The van der Waals surface area contributed by atoms with Crippen LogP contribution in [0.1, 0.15) is 37.8 Å². The topological polar surface area (TPSA) is 66.8 Å². The van der Waals surface area contributed by atoms with Crippen LogP contribution in [0, 0.1) is 0 Å². The van der Waals surface area contributed by atoms with Crippen LogP contribution in [0.2, 0.25) is 0 Å². The van der Waals surface area contributed by atoms with Crippen LogP contribution in [0.3, 0.4) is 0 Å². The molecule has 1 aliphatic heterocycles. The molecule has 0 atom stereocenters. The Labute approximate surface area is 164 Å². The van der Waals surface area contributed by atoms with Crippen molar-refractivity contribution in [1.82, 2.24) is 0 Å². The van der Waals surface area contributed by atoms with Gasteiger partial charge in [0.15, 0.2) is 0 Å². The number of methoxy groups -OCH3 is 1. The van der Waals surface area contributed by atoms with E-state index in [-0.39, 0.29) is 22.8 Å². The van der Waals surface area contributed by atoms with Crippen LogP contribution < -0.4 is 4.90 Å². The second kappa shape index (κ2) is 7.72. The SMILES string of the molecule is COC(=O)C1=C(C)N(c2ccc(C(C)C)cc2)C(=O)/C1=C\c1cccc(O)c1. The number of nitrogens with zero attached hydrogens (tertiary/aromatic N) is 1. The zero-order chi connectivity index (χ0) is 20.4. The number of phenols is 1. The smallest absolute Gasteiger partial charge is 0.340 e. The summed E-state index contributed by atoms with van der Waals surface area (Å²) in [6.07, 6.45) is 1.60. The average molecular weight is 377 g/mol. The Morgan fingerprint density at radius 3 is 2.39 bits per heavy atom. The van der Waals surface area contributed by atoms with E-state index in [0.29, 0.717) is 22.9 Å². The van der Waals surface area contributed by atoms with Gasteiger partial charge in [0.05, 0.1) is 18.3 Å². The molecule has 3 rings (SSSR count). The maximum atomic E-state index is 13.2. The van der Waals surface area contributed by atoms with Crippen LogP contribution in [0.5, 0.6) is 5.75 Å². The summed E-state index contributed by atoms with van der Waals surface area (Å²) in [6.45, 7) is 5.93. The highest BCUT2D eigenvalue weighted by Crippen LogP contribution is 2.36. The van der Waals surface area contributed by atoms with E-state index >= 15 is 0 Å². The molecule has 0 aliphatic carbocycles. The van der Waals surface area contributed by atoms with Crippen LogP contribution in [0.25, 0.3) is 6.08 Å². The minimum absolute atomic E-state index is 0.0845. The normalized spacial score (nSPS) is 15.7. The van der Waals surface area contributed by atoms with Gasteiger partial charge in [-0.25, -0.2) is 4.79 Å². The molecule has 0 radical (unpaired) electrons. The number of ether oxygens (including phenoxy) is 1. The summed E-state index contributed by atoms with van der Waals surface area (Å²) in [5.74, 6) is -0.412. The standard InChI is InChI=1S/C23H23NO4/c1-14(2)17-8-10-18(11-9-17)24-15(3)21(23(27)28-4)20(22(24)26)13-16-6-5-7-19(25)12-16/h5-14,25H,1-4H3/b20-13-.